The third-order valence-corrected chi connectivity index (χ3v) is 6.98. The van der Waals surface area contributed by atoms with Crippen LogP contribution in [0.15, 0.2) is 4.99 Å². The number of hydrogen-bond donors (Lipinski definition) is 2. The lowest BCUT2D eigenvalue weighted by atomic mass is 9.98. The van der Waals surface area contributed by atoms with Crippen LogP contribution >= 0.6 is 0 Å². The average Bonchev–Trinajstić information content (AvgIpc) is 2.43. The Morgan fingerprint density at radius 1 is 1.38 bits per heavy atom. The molecule has 124 valence electrons. The van der Waals surface area contributed by atoms with Crippen LogP contribution in [-0.4, -0.2) is 67.2 Å². The van der Waals surface area contributed by atoms with E-state index in [2.05, 4.69) is 10.3 Å². The fourth-order valence-electron chi connectivity index (χ4n) is 2.40. The SMILES string of the molecule is CCC(O)(CC)CNC(=NC)N1CCS(=O)(=O)C(C)(C)C1. The molecule has 7 heteroatoms. The number of nitrogens with zero attached hydrogens (tertiary/aromatic N) is 2. The zero-order chi connectivity index (χ0) is 16.3. The Morgan fingerprint density at radius 2 is 1.95 bits per heavy atom. The van der Waals surface area contributed by atoms with E-state index in [0.717, 1.165) is 0 Å². The van der Waals surface area contributed by atoms with Gasteiger partial charge in [0.25, 0.3) is 0 Å². The van der Waals surface area contributed by atoms with E-state index in [0.29, 0.717) is 38.4 Å². The quantitative estimate of drug-likeness (QED) is 0.586. The molecule has 0 aromatic carbocycles. The summed E-state index contributed by atoms with van der Waals surface area (Å²) in [4.78, 5) is 6.17. The molecule has 1 fully saturated rings. The minimum absolute atomic E-state index is 0.131. The Labute approximate surface area is 128 Å². The first-order valence-electron chi connectivity index (χ1n) is 7.51. The van der Waals surface area contributed by atoms with Gasteiger partial charge in [-0.15, -0.1) is 0 Å². The second-order valence-electron chi connectivity index (χ2n) is 6.33. The standard InChI is InChI=1S/C14H29N3O3S/c1-6-14(18,7-2)10-16-12(15-5)17-8-9-21(19,20)13(3,4)11-17/h18H,6-11H2,1-5H3,(H,15,16). The molecule has 0 spiro atoms. The first-order valence-corrected chi connectivity index (χ1v) is 9.16. The monoisotopic (exact) mass is 319 g/mol. The Hall–Kier alpha value is -0.820. The van der Waals surface area contributed by atoms with Gasteiger partial charge in [0.05, 0.1) is 16.1 Å². The Morgan fingerprint density at radius 3 is 2.38 bits per heavy atom. The van der Waals surface area contributed by atoms with Gasteiger partial charge in [-0.25, -0.2) is 8.42 Å². The summed E-state index contributed by atoms with van der Waals surface area (Å²) >= 11 is 0. The van der Waals surface area contributed by atoms with E-state index in [1.54, 1.807) is 20.9 Å². The van der Waals surface area contributed by atoms with Crippen molar-refractivity contribution in [3.63, 3.8) is 0 Å². The highest BCUT2D eigenvalue weighted by Crippen LogP contribution is 2.23. The largest absolute Gasteiger partial charge is 0.388 e. The number of aliphatic imine (C=N–C) groups is 1. The predicted molar refractivity (Wildman–Crippen MR) is 86.3 cm³/mol. The molecule has 0 amide bonds. The van der Waals surface area contributed by atoms with Crippen molar-refractivity contribution in [2.24, 2.45) is 4.99 Å². The number of rotatable bonds is 4. The summed E-state index contributed by atoms with van der Waals surface area (Å²) in [5.41, 5.74) is -0.757. The normalized spacial score (nSPS) is 22.2. The van der Waals surface area contributed by atoms with Gasteiger partial charge in [-0.05, 0) is 26.7 Å². The molecule has 0 aliphatic carbocycles. The molecule has 0 aromatic heterocycles. The van der Waals surface area contributed by atoms with Gasteiger partial charge >= 0.3 is 0 Å². The minimum atomic E-state index is -3.06. The highest BCUT2D eigenvalue weighted by Gasteiger charge is 2.41. The summed E-state index contributed by atoms with van der Waals surface area (Å²) in [5.74, 6) is 0.783. The van der Waals surface area contributed by atoms with Crippen LogP contribution in [0.25, 0.3) is 0 Å². The van der Waals surface area contributed by atoms with Crippen molar-refractivity contribution in [1.29, 1.82) is 0 Å². The van der Waals surface area contributed by atoms with Crippen LogP contribution in [0.2, 0.25) is 0 Å². The van der Waals surface area contributed by atoms with Gasteiger partial charge in [-0.3, -0.25) is 4.99 Å². The second-order valence-corrected chi connectivity index (χ2v) is 9.08. The zero-order valence-corrected chi connectivity index (χ0v) is 14.6. The predicted octanol–water partition coefficient (Wildman–Crippen LogP) is 0.622. The molecule has 1 heterocycles. The fourth-order valence-corrected chi connectivity index (χ4v) is 3.77. The van der Waals surface area contributed by atoms with E-state index in [-0.39, 0.29) is 5.75 Å². The van der Waals surface area contributed by atoms with Crippen LogP contribution in [0.4, 0.5) is 0 Å². The molecule has 1 aliphatic heterocycles. The van der Waals surface area contributed by atoms with E-state index in [1.807, 2.05) is 18.7 Å². The van der Waals surface area contributed by atoms with Crippen LogP contribution in [0.3, 0.4) is 0 Å². The summed E-state index contributed by atoms with van der Waals surface area (Å²) in [6.07, 6.45) is 1.32. The lowest BCUT2D eigenvalue weighted by Gasteiger charge is -2.39. The van der Waals surface area contributed by atoms with Gasteiger partial charge in [0.2, 0.25) is 0 Å². The smallest absolute Gasteiger partial charge is 0.193 e. The minimum Gasteiger partial charge on any atom is -0.388 e. The van der Waals surface area contributed by atoms with Crippen molar-refractivity contribution in [2.75, 3.05) is 32.4 Å². The molecule has 0 bridgehead atoms. The van der Waals surface area contributed by atoms with Gasteiger partial charge in [0.1, 0.15) is 0 Å². The maximum atomic E-state index is 12.0. The first-order chi connectivity index (χ1) is 9.61. The van der Waals surface area contributed by atoms with Gasteiger partial charge < -0.3 is 15.3 Å². The Bertz CT molecular complexity index is 482. The summed E-state index contributed by atoms with van der Waals surface area (Å²) in [7, 11) is -1.39. The molecule has 0 aromatic rings. The van der Waals surface area contributed by atoms with Gasteiger partial charge in [0.15, 0.2) is 15.8 Å². The molecule has 1 saturated heterocycles. The van der Waals surface area contributed by atoms with E-state index < -0.39 is 20.2 Å². The lowest BCUT2D eigenvalue weighted by Crippen LogP contribution is -2.58. The van der Waals surface area contributed by atoms with Crippen molar-refractivity contribution in [1.82, 2.24) is 10.2 Å². The molecule has 1 aliphatic rings. The summed E-state index contributed by atoms with van der Waals surface area (Å²) in [5, 5.41) is 13.5. The lowest BCUT2D eigenvalue weighted by molar-refractivity contribution is 0.0361. The van der Waals surface area contributed by atoms with Crippen molar-refractivity contribution in [3.05, 3.63) is 0 Å². The molecule has 0 unspecified atom stereocenters. The Kier molecular flexibility index (Phi) is 5.66. The number of guanidine groups is 1. The van der Waals surface area contributed by atoms with Crippen molar-refractivity contribution >= 4 is 15.8 Å². The molecule has 2 N–H and O–H groups in total. The van der Waals surface area contributed by atoms with E-state index in [4.69, 9.17) is 0 Å². The van der Waals surface area contributed by atoms with Crippen molar-refractivity contribution in [3.8, 4) is 0 Å². The fraction of sp³-hybridized carbons (Fsp3) is 0.929. The maximum absolute atomic E-state index is 12.0. The van der Waals surface area contributed by atoms with Gasteiger partial charge in [0, 0.05) is 26.7 Å². The van der Waals surface area contributed by atoms with E-state index >= 15 is 0 Å². The van der Waals surface area contributed by atoms with Crippen LogP contribution in [-0.2, 0) is 9.84 Å². The van der Waals surface area contributed by atoms with Crippen molar-refractivity contribution in [2.45, 2.75) is 50.9 Å². The maximum Gasteiger partial charge on any atom is 0.193 e. The van der Waals surface area contributed by atoms with Crippen LogP contribution in [0, 0.1) is 0 Å². The second kappa shape index (κ2) is 6.52. The van der Waals surface area contributed by atoms with Crippen LogP contribution in [0.5, 0.6) is 0 Å². The molecular weight excluding hydrogens is 290 g/mol. The number of aliphatic hydroxyl groups is 1. The number of hydrogen-bond acceptors (Lipinski definition) is 4. The summed E-state index contributed by atoms with van der Waals surface area (Å²) < 4.78 is 23.3. The third kappa shape index (κ3) is 4.10. The average molecular weight is 319 g/mol. The van der Waals surface area contributed by atoms with E-state index in [9.17, 15) is 13.5 Å². The van der Waals surface area contributed by atoms with Gasteiger partial charge in [-0.2, -0.15) is 0 Å². The van der Waals surface area contributed by atoms with Crippen LogP contribution in [0.1, 0.15) is 40.5 Å². The number of nitrogens with one attached hydrogen (secondary N) is 1. The van der Waals surface area contributed by atoms with Crippen molar-refractivity contribution < 1.29 is 13.5 Å². The van der Waals surface area contributed by atoms with Gasteiger partial charge in [-0.1, -0.05) is 13.8 Å². The molecule has 0 saturated carbocycles. The molecule has 0 atom stereocenters. The Balaban J connectivity index is 2.76. The molecule has 0 radical (unpaired) electrons. The van der Waals surface area contributed by atoms with Crippen LogP contribution < -0.4 is 5.32 Å². The molecule has 21 heavy (non-hydrogen) atoms. The first kappa shape index (κ1) is 18.2. The number of sulfone groups is 1. The third-order valence-electron chi connectivity index (χ3n) is 4.45. The van der Waals surface area contributed by atoms with E-state index in [1.165, 1.54) is 0 Å². The summed E-state index contributed by atoms with van der Waals surface area (Å²) in [6.45, 7) is 8.64. The molecular formula is C14H29N3O3S. The zero-order valence-electron chi connectivity index (χ0n) is 13.8. The topological polar surface area (TPSA) is 82.0 Å². The highest BCUT2D eigenvalue weighted by atomic mass is 32.2. The summed E-state index contributed by atoms with van der Waals surface area (Å²) in [6, 6.07) is 0. The molecule has 1 rings (SSSR count). The highest BCUT2D eigenvalue weighted by molar-refractivity contribution is 7.92. The molecule has 6 nitrogen and oxygen atoms in total.